The number of alkyl halides is 3. The summed E-state index contributed by atoms with van der Waals surface area (Å²) >= 11 is 0. The molecule has 0 bridgehead atoms. The molecule has 0 aromatic heterocycles. The van der Waals surface area contributed by atoms with Gasteiger partial charge < -0.3 is 5.32 Å². The summed E-state index contributed by atoms with van der Waals surface area (Å²) in [7, 11) is -4.11. The molecule has 2 aromatic rings. The highest BCUT2D eigenvalue weighted by Gasteiger charge is 2.35. The van der Waals surface area contributed by atoms with E-state index in [1.54, 1.807) is 0 Å². The van der Waals surface area contributed by atoms with E-state index in [4.69, 9.17) is 0 Å². The second kappa shape index (κ2) is 7.55. The maximum Gasteiger partial charge on any atom is 0.418 e. The molecule has 0 heterocycles. The van der Waals surface area contributed by atoms with Gasteiger partial charge >= 0.3 is 6.18 Å². The van der Waals surface area contributed by atoms with Gasteiger partial charge in [-0.3, -0.25) is 9.10 Å². The number of halogens is 4. The predicted octanol–water partition coefficient (Wildman–Crippen LogP) is 3.64. The van der Waals surface area contributed by atoms with E-state index in [2.05, 4.69) is 5.32 Å². The number of nitrogens with one attached hydrogen (secondary N) is 1. The Bertz CT molecular complexity index is 945. The zero-order chi connectivity index (χ0) is 20.4. The highest BCUT2D eigenvalue weighted by atomic mass is 32.2. The van der Waals surface area contributed by atoms with Crippen LogP contribution in [0.2, 0.25) is 0 Å². The van der Waals surface area contributed by atoms with Gasteiger partial charge in [-0.2, -0.15) is 13.2 Å². The molecule has 146 valence electrons. The quantitative estimate of drug-likeness (QED) is 0.774. The van der Waals surface area contributed by atoms with E-state index in [1.807, 2.05) is 0 Å². The number of sulfonamides is 1. The van der Waals surface area contributed by atoms with Gasteiger partial charge in [0, 0.05) is 0 Å². The van der Waals surface area contributed by atoms with E-state index in [0.29, 0.717) is 4.31 Å². The summed E-state index contributed by atoms with van der Waals surface area (Å²) in [6.07, 6.45) is -3.94. The van der Waals surface area contributed by atoms with E-state index >= 15 is 0 Å². The molecule has 0 saturated heterocycles. The summed E-state index contributed by atoms with van der Waals surface area (Å²) in [5.41, 5.74) is -1.99. The molecular weight excluding hydrogens is 388 g/mol. The Balaban J connectivity index is 2.39. The van der Waals surface area contributed by atoms with Crippen LogP contribution in [0, 0.1) is 5.82 Å². The number of rotatable bonds is 5. The van der Waals surface area contributed by atoms with E-state index < -0.39 is 45.2 Å². The maximum absolute atomic E-state index is 14.1. The number of amides is 1. The number of nitrogens with zero attached hydrogens (tertiary/aromatic N) is 1. The molecule has 0 spiro atoms. The van der Waals surface area contributed by atoms with Crippen molar-refractivity contribution in [3.63, 3.8) is 0 Å². The Morgan fingerprint density at radius 3 is 2.19 bits per heavy atom. The summed E-state index contributed by atoms with van der Waals surface area (Å²) in [6.45, 7) is 1.15. The highest BCUT2D eigenvalue weighted by molar-refractivity contribution is 7.92. The summed E-state index contributed by atoms with van der Waals surface area (Å²) in [4.78, 5) is 12.5. The lowest BCUT2D eigenvalue weighted by atomic mass is 10.1. The van der Waals surface area contributed by atoms with Crippen LogP contribution in [0.15, 0.2) is 48.5 Å². The number of carbonyl (C=O) groups excluding carboxylic acids is 1. The lowest BCUT2D eigenvalue weighted by Crippen LogP contribution is -2.46. The van der Waals surface area contributed by atoms with Crippen LogP contribution in [-0.4, -0.2) is 26.6 Å². The minimum absolute atomic E-state index is 0.383. The van der Waals surface area contributed by atoms with Crippen LogP contribution in [0.1, 0.15) is 12.5 Å². The molecule has 0 aliphatic heterocycles. The summed E-state index contributed by atoms with van der Waals surface area (Å²) in [5, 5.41) is 2.07. The molecule has 27 heavy (non-hydrogen) atoms. The molecule has 0 aliphatic carbocycles. The Kier molecular flexibility index (Phi) is 5.79. The minimum Gasteiger partial charge on any atom is -0.324 e. The van der Waals surface area contributed by atoms with Crippen LogP contribution < -0.4 is 9.62 Å². The number of anilines is 2. The van der Waals surface area contributed by atoms with Gasteiger partial charge in [0.1, 0.15) is 11.9 Å². The summed E-state index contributed by atoms with van der Waals surface area (Å²) in [6, 6.07) is 7.65. The molecule has 2 aromatic carbocycles. The molecule has 5 nitrogen and oxygen atoms in total. The molecule has 1 unspecified atom stereocenters. The van der Waals surface area contributed by atoms with Crippen molar-refractivity contribution < 1.29 is 30.8 Å². The van der Waals surface area contributed by atoms with Gasteiger partial charge in [0.25, 0.3) is 0 Å². The van der Waals surface area contributed by atoms with Gasteiger partial charge in [0.05, 0.1) is 23.2 Å². The number of hydrogen-bond acceptors (Lipinski definition) is 3. The standard InChI is InChI=1S/C17H16F4N2O3S/c1-11(23(27(2,25)26)15-10-6-4-8-13(15)18)16(24)22-14-9-5-3-7-12(14)17(19,20)21/h3-11H,1-2H3,(H,22,24). The first-order valence-corrected chi connectivity index (χ1v) is 9.49. The first-order valence-electron chi connectivity index (χ1n) is 7.64. The molecule has 2 rings (SSSR count). The van der Waals surface area contributed by atoms with Crippen LogP contribution in [0.25, 0.3) is 0 Å². The van der Waals surface area contributed by atoms with Crippen LogP contribution in [0.4, 0.5) is 28.9 Å². The lowest BCUT2D eigenvalue weighted by molar-refractivity contribution is -0.137. The fourth-order valence-electron chi connectivity index (χ4n) is 2.49. The Morgan fingerprint density at radius 1 is 1.07 bits per heavy atom. The third-order valence-corrected chi connectivity index (χ3v) is 4.90. The van der Waals surface area contributed by atoms with Crippen molar-refractivity contribution in [2.24, 2.45) is 0 Å². The van der Waals surface area contributed by atoms with Gasteiger partial charge in [0.2, 0.25) is 15.9 Å². The topological polar surface area (TPSA) is 66.5 Å². The average molecular weight is 404 g/mol. The van der Waals surface area contributed by atoms with E-state index in [-0.39, 0.29) is 5.69 Å². The van der Waals surface area contributed by atoms with Crippen molar-refractivity contribution in [3.8, 4) is 0 Å². The molecule has 0 radical (unpaired) electrons. The second-order valence-corrected chi connectivity index (χ2v) is 7.58. The Labute approximate surface area is 153 Å². The Morgan fingerprint density at radius 2 is 1.63 bits per heavy atom. The molecule has 10 heteroatoms. The van der Waals surface area contributed by atoms with Crippen molar-refractivity contribution >= 4 is 27.3 Å². The molecule has 1 N–H and O–H groups in total. The van der Waals surface area contributed by atoms with Crippen molar-refractivity contribution in [2.75, 3.05) is 15.9 Å². The number of benzene rings is 2. The third kappa shape index (κ3) is 4.76. The maximum atomic E-state index is 14.1. The van der Waals surface area contributed by atoms with Gasteiger partial charge in [-0.1, -0.05) is 24.3 Å². The molecule has 1 amide bonds. The zero-order valence-corrected chi connectivity index (χ0v) is 15.1. The molecule has 0 fully saturated rings. The van der Waals surface area contributed by atoms with Crippen LogP contribution in [0.5, 0.6) is 0 Å². The SMILES string of the molecule is CC(C(=O)Nc1ccccc1C(F)(F)F)N(c1ccccc1F)S(C)(=O)=O. The van der Waals surface area contributed by atoms with Crippen molar-refractivity contribution in [1.29, 1.82) is 0 Å². The Hall–Kier alpha value is -2.62. The minimum atomic E-state index is -4.71. The second-order valence-electron chi connectivity index (χ2n) is 5.72. The van der Waals surface area contributed by atoms with Gasteiger partial charge in [-0.25, -0.2) is 12.8 Å². The average Bonchev–Trinajstić information content (AvgIpc) is 2.55. The fraction of sp³-hybridized carbons (Fsp3) is 0.235. The van der Waals surface area contributed by atoms with Crippen LogP contribution >= 0.6 is 0 Å². The monoisotopic (exact) mass is 404 g/mol. The number of para-hydroxylation sites is 2. The van der Waals surface area contributed by atoms with Crippen molar-refractivity contribution in [2.45, 2.75) is 19.1 Å². The van der Waals surface area contributed by atoms with E-state index in [0.717, 1.165) is 43.5 Å². The third-order valence-electron chi connectivity index (χ3n) is 3.67. The highest BCUT2D eigenvalue weighted by Crippen LogP contribution is 2.35. The smallest absolute Gasteiger partial charge is 0.324 e. The van der Waals surface area contributed by atoms with Gasteiger partial charge in [-0.15, -0.1) is 0 Å². The van der Waals surface area contributed by atoms with E-state index in [1.165, 1.54) is 18.2 Å². The summed E-state index contributed by atoms with van der Waals surface area (Å²) in [5.74, 6) is -1.93. The normalized spacial score (nSPS) is 13.1. The molecule has 1 atom stereocenters. The van der Waals surface area contributed by atoms with Crippen molar-refractivity contribution in [3.05, 3.63) is 59.9 Å². The van der Waals surface area contributed by atoms with E-state index in [9.17, 15) is 30.8 Å². The zero-order valence-electron chi connectivity index (χ0n) is 14.3. The first-order chi connectivity index (χ1) is 12.4. The van der Waals surface area contributed by atoms with Crippen LogP contribution in [0.3, 0.4) is 0 Å². The number of hydrogen-bond donors (Lipinski definition) is 1. The molecule has 0 saturated carbocycles. The van der Waals surface area contributed by atoms with Gasteiger partial charge in [0.15, 0.2) is 0 Å². The van der Waals surface area contributed by atoms with Crippen molar-refractivity contribution in [1.82, 2.24) is 0 Å². The predicted molar refractivity (Wildman–Crippen MR) is 93.3 cm³/mol. The molecular formula is C17H16F4N2O3S. The summed E-state index contributed by atoms with van der Waals surface area (Å²) < 4.78 is 78.0. The first kappa shape index (κ1) is 20.7. The molecule has 0 aliphatic rings. The fourth-order valence-corrected chi connectivity index (χ4v) is 3.66. The van der Waals surface area contributed by atoms with Crippen LogP contribution in [-0.2, 0) is 21.0 Å². The van der Waals surface area contributed by atoms with Gasteiger partial charge in [-0.05, 0) is 31.2 Å². The lowest BCUT2D eigenvalue weighted by Gasteiger charge is -2.28. The number of carbonyl (C=O) groups is 1. The largest absolute Gasteiger partial charge is 0.418 e.